The average Bonchev–Trinajstić information content (AvgIpc) is 3.16. The van der Waals surface area contributed by atoms with Crippen LogP contribution in [0.2, 0.25) is 0 Å². The van der Waals surface area contributed by atoms with E-state index in [0.29, 0.717) is 50.8 Å². The molecule has 8 heteroatoms. The zero-order valence-electron chi connectivity index (χ0n) is 16.7. The van der Waals surface area contributed by atoms with Crippen LogP contribution >= 0.6 is 11.3 Å². The van der Waals surface area contributed by atoms with Gasteiger partial charge in [-0.05, 0) is 6.92 Å². The highest BCUT2D eigenvalue weighted by molar-refractivity contribution is 7.17. The van der Waals surface area contributed by atoms with Crippen LogP contribution in [0.3, 0.4) is 0 Å². The lowest BCUT2D eigenvalue weighted by molar-refractivity contribution is -0.134. The number of hydrogen-bond donors (Lipinski definition) is 0. The Balaban J connectivity index is 1.34. The Morgan fingerprint density at radius 1 is 1.00 bits per heavy atom. The fourth-order valence-electron chi connectivity index (χ4n) is 3.65. The van der Waals surface area contributed by atoms with Crippen molar-refractivity contribution in [3.05, 3.63) is 40.9 Å². The number of carbonyl (C=O) groups excluding carboxylic acids is 2. The summed E-state index contributed by atoms with van der Waals surface area (Å²) < 4.78 is 5.33. The van der Waals surface area contributed by atoms with Crippen molar-refractivity contribution in [1.29, 1.82) is 0 Å². The third-order valence-electron chi connectivity index (χ3n) is 5.39. The molecule has 2 aliphatic heterocycles. The summed E-state index contributed by atoms with van der Waals surface area (Å²) in [5, 5.41) is 0.866. The second-order valence-corrected chi connectivity index (χ2v) is 8.36. The standard InChI is InChI=1S/C21H26N4O3S/c1-16-19(29-20(22-16)17-5-3-2-4-6-17)21(27)25-9-7-24(8-10-25)18(26)15-23-11-13-28-14-12-23/h2-6H,7-15H2,1H3. The van der Waals surface area contributed by atoms with Gasteiger partial charge in [0.2, 0.25) is 5.91 Å². The first-order valence-corrected chi connectivity index (χ1v) is 10.8. The molecule has 0 spiro atoms. The Hall–Kier alpha value is -2.29. The molecule has 0 atom stereocenters. The highest BCUT2D eigenvalue weighted by Gasteiger charge is 2.28. The Kier molecular flexibility index (Phi) is 6.22. The third kappa shape index (κ3) is 4.66. The number of ether oxygens (including phenoxy) is 1. The van der Waals surface area contributed by atoms with E-state index in [2.05, 4.69) is 9.88 Å². The first kappa shape index (κ1) is 20.0. The molecule has 7 nitrogen and oxygen atoms in total. The number of aryl methyl sites for hydroxylation is 1. The van der Waals surface area contributed by atoms with Gasteiger partial charge in [0.1, 0.15) is 9.88 Å². The molecule has 1 aromatic carbocycles. The number of benzene rings is 1. The number of aromatic nitrogens is 1. The average molecular weight is 415 g/mol. The largest absolute Gasteiger partial charge is 0.379 e. The van der Waals surface area contributed by atoms with Crippen LogP contribution in [0.15, 0.2) is 30.3 Å². The van der Waals surface area contributed by atoms with Crippen LogP contribution in [0.5, 0.6) is 0 Å². The molecule has 0 radical (unpaired) electrons. The van der Waals surface area contributed by atoms with Gasteiger partial charge in [0.15, 0.2) is 0 Å². The summed E-state index contributed by atoms with van der Waals surface area (Å²) in [7, 11) is 0. The lowest BCUT2D eigenvalue weighted by Gasteiger charge is -2.36. The van der Waals surface area contributed by atoms with E-state index in [9.17, 15) is 9.59 Å². The Morgan fingerprint density at radius 3 is 2.34 bits per heavy atom. The summed E-state index contributed by atoms with van der Waals surface area (Å²) in [4.78, 5) is 36.7. The van der Waals surface area contributed by atoms with Gasteiger partial charge in [-0.1, -0.05) is 30.3 Å². The maximum absolute atomic E-state index is 13.0. The molecule has 0 saturated carbocycles. The number of rotatable bonds is 4. The molecule has 0 N–H and O–H groups in total. The fraction of sp³-hybridized carbons (Fsp3) is 0.476. The molecule has 0 unspecified atom stereocenters. The van der Waals surface area contributed by atoms with Gasteiger partial charge in [-0.15, -0.1) is 11.3 Å². The van der Waals surface area contributed by atoms with Gasteiger partial charge in [0, 0.05) is 44.8 Å². The molecule has 4 rings (SSSR count). The van der Waals surface area contributed by atoms with E-state index >= 15 is 0 Å². The van der Waals surface area contributed by atoms with Crippen molar-refractivity contribution in [1.82, 2.24) is 19.7 Å². The van der Waals surface area contributed by atoms with Crippen molar-refractivity contribution in [2.24, 2.45) is 0 Å². The van der Waals surface area contributed by atoms with Crippen molar-refractivity contribution in [2.45, 2.75) is 6.92 Å². The first-order valence-electron chi connectivity index (χ1n) is 10.0. The molecular formula is C21H26N4O3S. The van der Waals surface area contributed by atoms with E-state index < -0.39 is 0 Å². The van der Waals surface area contributed by atoms with Crippen LogP contribution in [0.1, 0.15) is 15.4 Å². The van der Waals surface area contributed by atoms with Gasteiger partial charge in [-0.2, -0.15) is 0 Å². The molecular weight excluding hydrogens is 388 g/mol. The lowest BCUT2D eigenvalue weighted by atomic mass is 10.2. The number of thiazole rings is 1. The molecule has 2 saturated heterocycles. The van der Waals surface area contributed by atoms with E-state index in [-0.39, 0.29) is 11.8 Å². The fourth-order valence-corrected chi connectivity index (χ4v) is 4.69. The van der Waals surface area contributed by atoms with Gasteiger partial charge >= 0.3 is 0 Å². The van der Waals surface area contributed by atoms with E-state index in [4.69, 9.17) is 4.74 Å². The minimum absolute atomic E-state index is 0.0162. The summed E-state index contributed by atoms with van der Waals surface area (Å²) in [5.74, 6) is 0.154. The van der Waals surface area contributed by atoms with E-state index in [1.54, 1.807) is 0 Å². The van der Waals surface area contributed by atoms with Gasteiger partial charge in [0.25, 0.3) is 5.91 Å². The third-order valence-corrected chi connectivity index (χ3v) is 6.59. The van der Waals surface area contributed by atoms with E-state index in [1.165, 1.54) is 11.3 Å². The molecule has 154 valence electrons. The summed E-state index contributed by atoms with van der Waals surface area (Å²) >= 11 is 1.44. The van der Waals surface area contributed by atoms with Crippen LogP contribution in [0.4, 0.5) is 0 Å². The summed E-state index contributed by atoms with van der Waals surface area (Å²) in [6.07, 6.45) is 0. The highest BCUT2D eigenvalue weighted by atomic mass is 32.1. The number of morpholine rings is 1. The van der Waals surface area contributed by atoms with Gasteiger partial charge in [-0.25, -0.2) is 4.98 Å². The zero-order chi connectivity index (χ0) is 20.2. The minimum Gasteiger partial charge on any atom is -0.379 e. The highest BCUT2D eigenvalue weighted by Crippen LogP contribution is 2.28. The predicted molar refractivity (Wildman–Crippen MR) is 112 cm³/mol. The maximum atomic E-state index is 13.0. The summed E-state index contributed by atoms with van der Waals surface area (Å²) in [6, 6.07) is 9.92. The van der Waals surface area contributed by atoms with Crippen molar-refractivity contribution in [3.63, 3.8) is 0 Å². The van der Waals surface area contributed by atoms with E-state index in [0.717, 1.165) is 29.4 Å². The van der Waals surface area contributed by atoms with Crippen LogP contribution in [-0.2, 0) is 9.53 Å². The molecule has 0 aliphatic carbocycles. The second kappa shape index (κ2) is 9.02. The topological polar surface area (TPSA) is 66.0 Å². The van der Waals surface area contributed by atoms with Crippen LogP contribution in [0.25, 0.3) is 10.6 Å². The molecule has 1 aromatic heterocycles. The normalized spacial score (nSPS) is 18.1. The number of carbonyl (C=O) groups is 2. The SMILES string of the molecule is Cc1nc(-c2ccccc2)sc1C(=O)N1CCN(C(=O)CN2CCOCC2)CC1. The van der Waals surface area contributed by atoms with Gasteiger partial charge < -0.3 is 14.5 Å². The second-order valence-electron chi connectivity index (χ2n) is 7.36. The Labute approximate surface area is 174 Å². The maximum Gasteiger partial charge on any atom is 0.265 e. The van der Waals surface area contributed by atoms with Crippen LogP contribution < -0.4 is 0 Å². The van der Waals surface area contributed by atoms with Crippen LogP contribution in [-0.4, -0.2) is 90.5 Å². The molecule has 2 fully saturated rings. The first-order chi connectivity index (χ1) is 14.1. The van der Waals surface area contributed by atoms with Gasteiger partial charge in [-0.3, -0.25) is 14.5 Å². The van der Waals surface area contributed by atoms with Crippen molar-refractivity contribution in [2.75, 3.05) is 59.0 Å². The quantitative estimate of drug-likeness (QED) is 0.762. The lowest BCUT2D eigenvalue weighted by Crippen LogP contribution is -2.53. The zero-order valence-corrected chi connectivity index (χ0v) is 17.5. The summed E-state index contributed by atoms with van der Waals surface area (Å²) in [6.45, 7) is 7.60. The number of piperazine rings is 1. The van der Waals surface area contributed by atoms with Crippen molar-refractivity contribution >= 4 is 23.2 Å². The molecule has 2 amide bonds. The Morgan fingerprint density at radius 2 is 1.66 bits per heavy atom. The molecule has 29 heavy (non-hydrogen) atoms. The number of amides is 2. The summed E-state index contributed by atoms with van der Waals surface area (Å²) in [5.41, 5.74) is 1.79. The minimum atomic E-state index is 0.0162. The van der Waals surface area contributed by atoms with Crippen LogP contribution in [0, 0.1) is 6.92 Å². The Bertz CT molecular complexity index is 856. The molecule has 3 heterocycles. The smallest absolute Gasteiger partial charge is 0.265 e. The van der Waals surface area contributed by atoms with Crippen molar-refractivity contribution in [3.8, 4) is 10.6 Å². The number of hydrogen-bond acceptors (Lipinski definition) is 6. The number of nitrogens with zero attached hydrogens (tertiary/aromatic N) is 4. The van der Waals surface area contributed by atoms with Crippen molar-refractivity contribution < 1.29 is 14.3 Å². The molecule has 0 bridgehead atoms. The monoisotopic (exact) mass is 414 g/mol. The molecule has 2 aromatic rings. The predicted octanol–water partition coefficient (Wildman–Crippen LogP) is 1.74. The van der Waals surface area contributed by atoms with E-state index in [1.807, 2.05) is 47.1 Å². The molecule has 2 aliphatic rings. The van der Waals surface area contributed by atoms with Gasteiger partial charge in [0.05, 0.1) is 25.5 Å².